The maximum atomic E-state index is 5.64. The quantitative estimate of drug-likeness (QED) is 0.849. The molecule has 1 aliphatic heterocycles. The fraction of sp³-hybridized carbons (Fsp3) is 0.714. The Morgan fingerprint density at radius 2 is 2.32 bits per heavy atom. The molecule has 1 fully saturated rings. The van der Waals surface area contributed by atoms with Gasteiger partial charge in [0.2, 0.25) is 5.88 Å². The molecular weight excluding hydrogens is 240 g/mol. The molecule has 1 atom stereocenters. The van der Waals surface area contributed by atoms with E-state index in [9.17, 15) is 0 Å². The highest BCUT2D eigenvalue weighted by Gasteiger charge is 2.25. The lowest BCUT2D eigenvalue weighted by atomic mass is 10.2. The Labute approximate surface area is 115 Å². The van der Waals surface area contributed by atoms with Crippen LogP contribution >= 0.6 is 0 Å². The van der Waals surface area contributed by atoms with Crippen LogP contribution < -0.4 is 15.0 Å². The van der Waals surface area contributed by atoms with E-state index in [1.54, 1.807) is 6.33 Å². The number of likely N-dealkylation sites (N-methyl/N-ethyl adjacent to an activating group) is 1. The summed E-state index contributed by atoms with van der Waals surface area (Å²) in [6.45, 7) is 9.24. The van der Waals surface area contributed by atoms with Gasteiger partial charge < -0.3 is 15.0 Å². The molecule has 0 amide bonds. The summed E-state index contributed by atoms with van der Waals surface area (Å²) < 4.78 is 5.64. The molecule has 1 unspecified atom stereocenters. The summed E-state index contributed by atoms with van der Waals surface area (Å²) in [6, 6.07) is 2.48. The Balaban J connectivity index is 2.07. The van der Waals surface area contributed by atoms with Crippen molar-refractivity contribution in [3.05, 3.63) is 12.4 Å². The molecule has 106 valence electrons. The van der Waals surface area contributed by atoms with Gasteiger partial charge in [-0.05, 0) is 33.2 Å². The van der Waals surface area contributed by atoms with E-state index in [2.05, 4.69) is 27.1 Å². The molecule has 5 nitrogen and oxygen atoms in total. The van der Waals surface area contributed by atoms with Crippen molar-refractivity contribution in [2.45, 2.75) is 45.8 Å². The minimum Gasteiger partial charge on any atom is -0.475 e. The van der Waals surface area contributed by atoms with E-state index >= 15 is 0 Å². The lowest BCUT2D eigenvalue weighted by Gasteiger charge is -2.26. The second-order valence-electron chi connectivity index (χ2n) is 5.18. The minimum atomic E-state index is 0.138. The van der Waals surface area contributed by atoms with Gasteiger partial charge in [0.1, 0.15) is 12.1 Å². The van der Waals surface area contributed by atoms with Crippen LogP contribution in [-0.2, 0) is 0 Å². The van der Waals surface area contributed by atoms with Crippen LogP contribution in [0.3, 0.4) is 0 Å². The zero-order chi connectivity index (χ0) is 13.7. The van der Waals surface area contributed by atoms with Crippen molar-refractivity contribution in [1.82, 2.24) is 15.3 Å². The molecule has 2 heterocycles. The highest BCUT2D eigenvalue weighted by molar-refractivity contribution is 5.43. The summed E-state index contributed by atoms with van der Waals surface area (Å²) in [4.78, 5) is 10.9. The molecule has 0 aliphatic carbocycles. The van der Waals surface area contributed by atoms with Crippen LogP contribution in [0.4, 0.5) is 5.82 Å². The maximum absolute atomic E-state index is 5.64. The fourth-order valence-electron chi connectivity index (χ4n) is 2.45. The molecule has 1 aromatic heterocycles. The first-order valence-corrected chi connectivity index (χ1v) is 7.16. The minimum absolute atomic E-state index is 0.138. The molecule has 0 bridgehead atoms. The SMILES string of the molecule is CCNCC1CCCN1c1cc(OC(C)C)ncn1. The van der Waals surface area contributed by atoms with Crippen molar-refractivity contribution in [1.29, 1.82) is 0 Å². The number of rotatable bonds is 6. The second-order valence-corrected chi connectivity index (χ2v) is 5.18. The van der Waals surface area contributed by atoms with Crippen molar-refractivity contribution in [3.8, 4) is 5.88 Å². The maximum Gasteiger partial charge on any atom is 0.218 e. The normalized spacial score (nSPS) is 19.2. The van der Waals surface area contributed by atoms with Crippen LogP contribution in [0.1, 0.15) is 33.6 Å². The molecule has 1 aromatic rings. The molecule has 0 radical (unpaired) electrons. The monoisotopic (exact) mass is 264 g/mol. The van der Waals surface area contributed by atoms with Crippen LogP contribution in [0, 0.1) is 0 Å². The Kier molecular flexibility index (Phi) is 4.96. The van der Waals surface area contributed by atoms with Gasteiger partial charge >= 0.3 is 0 Å². The molecule has 0 saturated carbocycles. The predicted molar refractivity (Wildman–Crippen MR) is 76.7 cm³/mol. The zero-order valence-electron chi connectivity index (χ0n) is 12.1. The van der Waals surface area contributed by atoms with E-state index in [1.807, 2.05) is 19.9 Å². The summed E-state index contributed by atoms with van der Waals surface area (Å²) in [5.74, 6) is 1.64. The Morgan fingerprint density at radius 1 is 1.47 bits per heavy atom. The Bertz CT molecular complexity index is 397. The third kappa shape index (κ3) is 3.80. The Morgan fingerprint density at radius 3 is 3.05 bits per heavy atom. The molecular formula is C14H24N4O. The largest absolute Gasteiger partial charge is 0.475 e. The van der Waals surface area contributed by atoms with E-state index in [0.29, 0.717) is 11.9 Å². The number of nitrogens with zero attached hydrogens (tertiary/aromatic N) is 3. The number of anilines is 1. The van der Waals surface area contributed by atoms with Crippen LogP contribution in [0.5, 0.6) is 5.88 Å². The van der Waals surface area contributed by atoms with Gasteiger partial charge in [0.15, 0.2) is 0 Å². The van der Waals surface area contributed by atoms with E-state index in [-0.39, 0.29) is 6.10 Å². The first-order chi connectivity index (χ1) is 9.20. The van der Waals surface area contributed by atoms with Crippen molar-refractivity contribution < 1.29 is 4.74 Å². The Hall–Kier alpha value is -1.36. The fourth-order valence-corrected chi connectivity index (χ4v) is 2.45. The van der Waals surface area contributed by atoms with Gasteiger partial charge in [-0.15, -0.1) is 0 Å². The molecule has 5 heteroatoms. The summed E-state index contributed by atoms with van der Waals surface area (Å²) >= 11 is 0. The number of hydrogen-bond acceptors (Lipinski definition) is 5. The number of aromatic nitrogens is 2. The van der Waals surface area contributed by atoms with Gasteiger partial charge in [-0.2, -0.15) is 0 Å². The highest BCUT2D eigenvalue weighted by Crippen LogP contribution is 2.25. The zero-order valence-corrected chi connectivity index (χ0v) is 12.1. The third-order valence-corrected chi connectivity index (χ3v) is 3.29. The van der Waals surface area contributed by atoms with Crippen LogP contribution in [0.15, 0.2) is 12.4 Å². The van der Waals surface area contributed by atoms with Gasteiger partial charge in [0, 0.05) is 25.2 Å². The average molecular weight is 264 g/mol. The number of hydrogen-bond donors (Lipinski definition) is 1. The molecule has 0 spiro atoms. The summed E-state index contributed by atoms with van der Waals surface area (Å²) in [7, 11) is 0. The van der Waals surface area contributed by atoms with Crippen LogP contribution in [-0.4, -0.2) is 41.7 Å². The van der Waals surface area contributed by atoms with E-state index in [1.165, 1.54) is 12.8 Å². The molecule has 2 rings (SSSR count). The number of ether oxygens (including phenoxy) is 1. The predicted octanol–water partition coefficient (Wildman–Crippen LogP) is 1.84. The number of nitrogens with one attached hydrogen (secondary N) is 1. The van der Waals surface area contributed by atoms with Crippen molar-refractivity contribution in [3.63, 3.8) is 0 Å². The van der Waals surface area contributed by atoms with Crippen molar-refractivity contribution in [2.75, 3.05) is 24.5 Å². The standard InChI is InChI=1S/C14H24N4O/c1-4-15-9-12-6-5-7-18(12)13-8-14(17-10-16-13)19-11(2)3/h8,10-12,15H,4-7,9H2,1-3H3. The van der Waals surface area contributed by atoms with Gasteiger partial charge in [0.25, 0.3) is 0 Å². The average Bonchev–Trinajstić information content (AvgIpc) is 2.84. The first kappa shape index (κ1) is 14.1. The summed E-state index contributed by atoms with van der Waals surface area (Å²) in [5.41, 5.74) is 0. The molecule has 0 aromatic carbocycles. The third-order valence-electron chi connectivity index (χ3n) is 3.29. The molecule has 19 heavy (non-hydrogen) atoms. The van der Waals surface area contributed by atoms with Crippen LogP contribution in [0.25, 0.3) is 0 Å². The lowest BCUT2D eigenvalue weighted by Crippen LogP contribution is -2.38. The molecule has 1 N–H and O–H groups in total. The topological polar surface area (TPSA) is 50.3 Å². The van der Waals surface area contributed by atoms with Crippen molar-refractivity contribution >= 4 is 5.82 Å². The first-order valence-electron chi connectivity index (χ1n) is 7.16. The highest BCUT2D eigenvalue weighted by atomic mass is 16.5. The van der Waals surface area contributed by atoms with E-state index in [4.69, 9.17) is 4.74 Å². The van der Waals surface area contributed by atoms with Crippen LogP contribution in [0.2, 0.25) is 0 Å². The smallest absolute Gasteiger partial charge is 0.218 e. The van der Waals surface area contributed by atoms with E-state index in [0.717, 1.165) is 25.5 Å². The summed E-state index contributed by atoms with van der Waals surface area (Å²) in [5, 5.41) is 3.42. The van der Waals surface area contributed by atoms with Crippen molar-refractivity contribution in [2.24, 2.45) is 0 Å². The lowest BCUT2D eigenvalue weighted by molar-refractivity contribution is 0.232. The van der Waals surface area contributed by atoms with Gasteiger partial charge in [-0.25, -0.2) is 9.97 Å². The molecule has 1 aliphatic rings. The van der Waals surface area contributed by atoms with Gasteiger partial charge in [-0.3, -0.25) is 0 Å². The van der Waals surface area contributed by atoms with Gasteiger partial charge in [-0.1, -0.05) is 6.92 Å². The molecule has 1 saturated heterocycles. The van der Waals surface area contributed by atoms with E-state index < -0.39 is 0 Å². The van der Waals surface area contributed by atoms with Gasteiger partial charge in [0.05, 0.1) is 6.10 Å². The second kappa shape index (κ2) is 6.70. The summed E-state index contributed by atoms with van der Waals surface area (Å²) in [6.07, 6.45) is 4.17.